The molecule has 4 rings (SSSR count). The lowest BCUT2D eigenvalue weighted by atomic mass is 9.96. The fraction of sp³-hybridized carbons (Fsp3) is 0.0833. The van der Waals surface area contributed by atoms with Crippen molar-refractivity contribution in [3.05, 3.63) is 88.4 Å². The number of phenols is 1. The number of ether oxygens (including phenoxy) is 1. The van der Waals surface area contributed by atoms with Crippen LogP contribution in [0.25, 0.3) is 22.0 Å². The second-order valence-electron chi connectivity index (χ2n) is 6.76. The summed E-state index contributed by atoms with van der Waals surface area (Å²) in [5.41, 5.74) is 4.01. The maximum absolute atomic E-state index is 13.1. The Balaban J connectivity index is 1.87. The van der Waals surface area contributed by atoms with E-state index in [0.29, 0.717) is 33.1 Å². The van der Waals surface area contributed by atoms with E-state index in [9.17, 15) is 9.90 Å². The summed E-state index contributed by atoms with van der Waals surface area (Å²) < 4.78 is 5.33. The Labute approximate surface area is 183 Å². The average Bonchev–Trinajstić information content (AvgIpc) is 2.77. The number of pyridine rings is 1. The fourth-order valence-corrected chi connectivity index (χ4v) is 3.82. The van der Waals surface area contributed by atoms with Crippen LogP contribution in [-0.4, -0.2) is 23.0 Å². The third-order valence-electron chi connectivity index (χ3n) is 4.87. The highest BCUT2D eigenvalue weighted by Gasteiger charge is 2.15. The molecule has 6 heteroatoms. The van der Waals surface area contributed by atoms with Crippen molar-refractivity contribution in [2.45, 2.75) is 5.88 Å². The summed E-state index contributed by atoms with van der Waals surface area (Å²) in [4.78, 5) is 17.6. The number of fused-ring (bicyclic) bond motifs is 1. The van der Waals surface area contributed by atoms with Crippen molar-refractivity contribution in [2.75, 3.05) is 7.11 Å². The predicted molar refractivity (Wildman–Crippen MR) is 120 cm³/mol. The Kier molecular flexibility index (Phi) is 5.62. The van der Waals surface area contributed by atoms with Crippen LogP contribution in [0.3, 0.4) is 0 Å². The molecule has 1 N–H and O–H groups in total. The van der Waals surface area contributed by atoms with Gasteiger partial charge in [0, 0.05) is 33.5 Å². The van der Waals surface area contributed by atoms with Crippen LogP contribution >= 0.6 is 23.2 Å². The van der Waals surface area contributed by atoms with Crippen molar-refractivity contribution in [3.8, 4) is 22.8 Å². The first-order chi connectivity index (χ1) is 14.5. The van der Waals surface area contributed by atoms with E-state index in [0.717, 1.165) is 16.5 Å². The maximum atomic E-state index is 13.1. The SMILES string of the molecule is COc1cc(-c2cccc(O)c2)c2cc(C(=O)c3ccc(Cl)c(CCl)c3)ccc2n1. The first-order valence-electron chi connectivity index (χ1n) is 9.17. The zero-order valence-corrected chi connectivity index (χ0v) is 17.5. The molecule has 1 heterocycles. The summed E-state index contributed by atoms with van der Waals surface area (Å²) in [5, 5.41) is 11.2. The van der Waals surface area contributed by atoms with Crippen molar-refractivity contribution in [1.29, 1.82) is 0 Å². The molecule has 0 aliphatic heterocycles. The number of methoxy groups -OCH3 is 1. The number of halogens is 2. The molecule has 0 bridgehead atoms. The van der Waals surface area contributed by atoms with Gasteiger partial charge in [-0.2, -0.15) is 0 Å². The molecular weight excluding hydrogens is 421 g/mol. The van der Waals surface area contributed by atoms with Gasteiger partial charge in [-0.1, -0.05) is 23.7 Å². The van der Waals surface area contributed by atoms with Gasteiger partial charge < -0.3 is 9.84 Å². The van der Waals surface area contributed by atoms with Gasteiger partial charge in [-0.25, -0.2) is 4.98 Å². The van der Waals surface area contributed by atoms with Crippen LogP contribution in [0.2, 0.25) is 5.02 Å². The van der Waals surface area contributed by atoms with Crippen LogP contribution in [0.4, 0.5) is 0 Å². The number of rotatable bonds is 5. The summed E-state index contributed by atoms with van der Waals surface area (Å²) >= 11 is 12.0. The number of carbonyl (C=O) groups excluding carboxylic acids is 1. The lowest BCUT2D eigenvalue weighted by Crippen LogP contribution is -2.03. The monoisotopic (exact) mass is 437 g/mol. The quantitative estimate of drug-likeness (QED) is 0.296. The largest absolute Gasteiger partial charge is 0.508 e. The number of ketones is 1. The molecule has 1 aromatic heterocycles. The summed E-state index contributed by atoms with van der Waals surface area (Å²) in [5.74, 6) is 0.684. The van der Waals surface area contributed by atoms with Gasteiger partial charge in [0.05, 0.1) is 12.6 Å². The number of alkyl halides is 1. The van der Waals surface area contributed by atoms with Crippen molar-refractivity contribution in [3.63, 3.8) is 0 Å². The van der Waals surface area contributed by atoms with E-state index in [2.05, 4.69) is 4.98 Å². The summed E-state index contributed by atoms with van der Waals surface area (Å²) in [6.45, 7) is 0. The van der Waals surface area contributed by atoms with Gasteiger partial charge in [0.2, 0.25) is 5.88 Å². The molecule has 0 aliphatic rings. The second kappa shape index (κ2) is 8.34. The molecule has 150 valence electrons. The van der Waals surface area contributed by atoms with Crippen LogP contribution in [0.1, 0.15) is 21.5 Å². The third-order valence-corrected chi connectivity index (χ3v) is 5.52. The molecule has 0 fully saturated rings. The molecule has 0 unspecified atom stereocenters. The number of phenolic OH excluding ortho intramolecular Hbond substituents is 1. The van der Waals surface area contributed by atoms with Crippen molar-refractivity contribution < 1.29 is 14.6 Å². The number of aromatic nitrogens is 1. The average molecular weight is 438 g/mol. The highest BCUT2D eigenvalue weighted by molar-refractivity contribution is 6.32. The normalized spacial score (nSPS) is 10.9. The minimum absolute atomic E-state index is 0.141. The molecule has 0 saturated carbocycles. The van der Waals surface area contributed by atoms with Crippen LogP contribution in [0, 0.1) is 0 Å². The summed E-state index contributed by atoms with van der Waals surface area (Å²) in [6, 6.07) is 19.1. The number of aromatic hydroxyl groups is 1. The van der Waals surface area contributed by atoms with Gasteiger partial charge in [0.25, 0.3) is 0 Å². The number of carbonyl (C=O) groups is 1. The summed E-state index contributed by atoms with van der Waals surface area (Å²) in [7, 11) is 1.55. The molecule has 0 aliphatic carbocycles. The molecule has 30 heavy (non-hydrogen) atoms. The van der Waals surface area contributed by atoms with Crippen LogP contribution in [-0.2, 0) is 5.88 Å². The number of nitrogens with zero attached hydrogens (tertiary/aromatic N) is 1. The molecule has 0 radical (unpaired) electrons. The van der Waals surface area contributed by atoms with Gasteiger partial charge in [0.15, 0.2) is 5.78 Å². The minimum Gasteiger partial charge on any atom is -0.508 e. The van der Waals surface area contributed by atoms with E-state index in [-0.39, 0.29) is 17.4 Å². The Morgan fingerprint density at radius 1 is 1.03 bits per heavy atom. The minimum atomic E-state index is -0.141. The van der Waals surface area contributed by atoms with Crippen LogP contribution in [0.15, 0.2) is 66.7 Å². The standard InChI is InChI=1S/C24H17Cl2NO3/c1-30-23-12-19(14-3-2-4-18(28)10-14)20-11-16(6-8-22(20)27-23)24(29)15-5-7-21(26)17(9-15)13-25/h2-12,28H,13H2,1H3. The van der Waals surface area contributed by atoms with Crippen LogP contribution < -0.4 is 4.74 Å². The van der Waals surface area contributed by atoms with Crippen molar-refractivity contribution in [2.24, 2.45) is 0 Å². The Bertz CT molecular complexity index is 1270. The fourth-order valence-electron chi connectivity index (χ4n) is 3.34. The highest BCUT2D eigenvalue weighted by Crippen LogP contribution is 2.33. The number of hydrogen-bond acceptors (Lipinski definition) is 4. The van der Waals surface area contributed by atoms with Gasteiger partial charge >= 0.3 is 0 Å². The molecule has 0 atom stereocenters. The lowest BCUT2D eigenvalue weighted by molar-refractivity contribution is 0.103. The maximum Gasteiger partial charge on any atom is 0.214 e. The van der Waals surface area contributed by atoms with Gasteiger partial charge in [-0.15, -0.1) is 11.6 Å². The van der Waals surface area contributed by atoms with Gasteiger partial charge in [-0.3, -0.25) is 4.79 Å². The first kappa shape index (κ1) is 20.2. The van der Waals surface area contributed by atoms with E-state index in [4.69, 9.17) is 27.9 Å². The van der Waals surface area contributed by atoms with E-state index in [1.165, 1.54) is 0 Å². The zero-order chi connectivity index (χ0) is 21.3. The predicted octanol–water partition coefficient (Wildman–Crippen LogP) is 6.24. The number of benzene rings is 3. The molecule has 0 amide bonds. The van der Waals surface area contributed by atoms with Crippen molar-refractivity contribution in [1.82, 2.24) is 4.98 Å². The second-order valence-corrected chi connectivity index (χ2v) is 7.44. The molecular formula is C24H17Cl2NO3. The molecule has 0 spiro atoms. The third kappa shape index (κ3) is 3.84. The Morgan fingerprint density at radius 2 is 1.80 bits per heavy atom. The summed E-state index contributed by atoms with van der Waals surface area (Å²) in [6.07, 6.45) is 0. The first-order valence-corrected chi connectivity index (χ1v) is 10.1. The molecule has 4 nitrogen and oxygen atoms in total. The highest BCUT2D eigenvalue weighted by atomic mass is 35.5. The van der Waals surface area contributed by atoms with Crippen LogP contribution in [0.5, 0.6) is 11.6 Å². The lowest BCUT2D eigenvalue weighted by Gasteiger charge is -2.11. The van der Waals surface area contributed by atoms with Gasteiger partial charge in [0.1, 0.15) is 5.75 Å². The molecule has 3 aromatic carbocycles. The van der Waals surface area contributed by atoms with E-state index in [1.54, 1.807) is 67.8 Å². The van der Waals surface area contributed by atoms with E-state index >= 15 is 0 Å². The Hall–Kier alpha value is -3.08. The zero-order valence-electron chi connectivity index (χ0n) is 16.0. The number of hydrogen-bond donors (Lipinski definition) is 1. The van der Waals surface area contributed by atoms with Gasteiger partial charge in [-0.05, 0) is 65.2 Å². The van der Waals surface area contributed by atoms with E-state index < -0.39 is 0 Å². The van der Waals surface area contributed by atoms with E-state index in [1.807, 2.05) is 6.07 Å². The van der Waals surface area contributed by atoms with Crippen molar-refractivity contribution >= 4 is 39.9 Å². The smallest absolute Gasteiger partial charge is 0.214 e. The Morgan fingerprint density at radius 3 is 2.53 bits per heavy atom. The molecule has 0 saturated heterocycles. The topological polar surface area (TPSA) is 59.4 Å². The molecule has 4 aromatic rings.